The van der Waals surface area contributed by atoms with E-state index in [-0.39, 0.29) is 23.8 Å². The molecule has 0 saturated carbocycles. The highest BCUT2D eigenvalue weighted by molar-refractivity contribution is 7.89. The standard InChI is InChI=1S/C25H35N3O3S/c1-21-11-12-24(20-22(21)2)32(30,31)26-14-13-25(29)28-17-7-16-27(18-19-28)15-6-10-23-8-4-3-5-9-23/h3-5,8-9,11-12,20,26H,6-7,10,13-19H2,1-2H3. The molecular formula is C25H35N3O3S. The lowest BCUT2D eigenvalue weighted by molar-refractivity contribution is -0.130. The summed E-state index contributed by atoms with van der Waals surface area (Å²) in [7, 11) is -3.60. The van der Waals surface area contributed by atoms with Gasteiger partial charge in [-0.15, -0.1) is 0 Å². The number of amides is 1. The summed E-state index contributed by atoms with van der Waals surface area (Å²) in [5.74, 6) is 0.0129. The minimum Gasteiger partial charge on any atom is -0.341 e. The zero-order valence-electron chi connectivity index (χ0n) is 19.2. The maximum absolute atomic E-state index is 12.7. The van der Waals surface area contributed by atoms with E-state index in [2.05, 4.69) is 33.9 Å². The van der Waals surface area contributed by atoms with Crippen LogP contribution in [0, 0.1) is 13.8 Å². The van der Waals surface area contributed by atoms with E-state index in [1.807, 2.05) is 24.8 Å². The molecule has 1 fully saturated rings. The van der Waals surface area contributed by atoms with Crippen molar-refractivity contribution in [1.29, 1.82) is 0 Å². The second-order valence-electron chi connectivity index (χ2n) is 8.56. The Hall–Kier alpha value is -2.22. The molecule has 0 unspecified atom stereocenters. The van der Waals surface area contributed by atoms with Gasteiger partial charge in [-0.2, -0.15) is 0 Å². The van der Waals surface area contributed by atoms with Gasteiger partial charge in [-0.1, -0.05) is 36.4 Å². The Balaban J connectivity index is 1.40. The van der Waals surface area contributed by atoms with E-state index in [1.165, 1.54) is 5.56 Å². The molecule has 6 nitrogen and oxygen atoms in total. The molecule has 2 aromatic carbocycles. The first-order chi connectivity index (χ1) is 15.3. The molecule has 1 aliphatic rings. The summed E-state index contributed by atoms with van der Waals surface area (Å²) in [6, 6.07) is 15.6. The van der Waals surface area contributed by atoms with Crippen molar-refractivity contribution in [2.45, 2.75) is 44.4 Å². The van der Waals surface area contributed by atoms with Gasteiger partial charge in [-0.3, -0.25) is 4.79 Å². The maximum atomic E-state index is 12.7. The van der Waals surface area contributed by atoms with Crippen LogP contribution in [0.25, 0.3) is 0 Å². The molecule has 1 heterocycles. The number of rotatable bonds is 9. The minimum absolute atomic E-state index is 0.0129. The fourth-order valence-corrected chi connectivity index (χ4v) is 5.13. The number of hydrogen-bond donors (Lipinski definition) is 1. The zero-order valence-corrected chi connectivity index (χ0v) is 20.0. The SMILES string of the molecule is Cc1ccc(S(=O)(=O)NCCC(=O)N2CCCN(CCCc3ccccc3)CC2)cc1C. The average molecular weight is 458 g/mol. The van der Waals surface area contributed by atoms with E-state index in [9.17, 15) is 13.2 Å². The number of hydrogen-bond acceptors (Lipinski definition) is 4. The van der Waals surface area contributed by atoms with Crippen LogP contribution in [0.5, 0.6) is 0 Å². The molecule has 0 aliphatic carbocycles. The van der Waals surface area contributed by atoms with Gasteiger partial charge in [0.25, 0.3) is 0 Å². The van der Waals surface area contributed by atoms with Gasteiger partial charge < -0.3 is 9.80 Å². The van der Waals surface area contributed by atoms with E-state index >= 15 is 0 Å². The second kappa shape index (κ2) is 11.6. The average Bonchev–Trinajstić information content (AvgIpc) is 3.02. The lowest BCUT2D eigenvalue weighted by Gasteiger charge is -2.22. The van der Waals surface area contributed by atoms with E-state index in [1.54, 1.807) is 18.2 Å². The van der Waals surface area contributed by atoms with Crippen LogP contribution in [0.4, 0.5) is 0 Å². The Bertz CT molecular complexity index is 993. The molecule has 32 heavy (non-hydrogen) atoms. The number of sulfonamides is 1. The van der Waals surface area contributed by atoms with Crippen molar-refractivity contribution >= 4 is 15.9 Å². The van der Waals surface area contributed by atoms with Gasteiger partial charge in [0.05, 0.1) is 4.90 Å². The Morgan fingerprint density at radius 2 is 1.75 bits per heavy atom. The molecule has 0 atom stereocenters. The molecule has 0 radical (unpaired) electrons. The van der Waals surface area contributed by atoms with Crippen molar-refractivity contribution in [3.8, 4) is 0 Å². The van der Waals surface area contributed by atoms with Crippen molar-refractivity contribution < 1.29 is 13.2 Å². The topological polar surface area (TPSA) is 69.7 Å². The van der Waals surface area contributed by atoms with Gasteiger partial charge in [0.2, 0.25) is 15.9 Å². The first-order valence-electron chi connectivity index (χ1n) is 11.5. The third kappa shape index (κ3) is 7.15. The molecule has 1 amide bonds. The highest BCUT2D eigenvalue weighted by atomic mass is 32.2. The monoisotopic (exact) mass is 457 g/mol. The summed E-state index contributed by atoms with van der Waals surface area (Å²) in [4.78, 5) is 17.2. The molecule has 2 aromatic rings. The number of carbonyl (C=O) groups is 1. The first kappa shape index (κ1) is 24.4. The normalized spacial score (nSPS) is 15.5. The van der Waals surface area contributed by atoms with Gasteiger partial charge in [0.1, 0.15) is 0 Å². The number of benzene rings is 2. The number of nitrogens with zero attached hydrogens (tertiary/aromatic N) is 2. The Kier molecular flexibility index (Phi) is 8.84. The fourth-order valence-electron chi connectivity index (χ4n) is 4.01. The van der Waals surface area contributed by atoms with Crippen molar-refractivity contribution in [2.24, 2.45) is 0 Å². The van der Waals surface area contributed by atoms with Crippen LogP contribution < -0.4 is 4.72 Å². The molecule has 0 aromatic heterocycles. The molecular weight excluding hydrogens is 422 g/mol. The van der Waals surface area contributed by atoms with E-state index < -0.39 is 10.0 Å². The summed E-state index contributed by atoms with van der Waals surface area (Å²) in [5, 5.41) is 0. The van der Waals surface area contributed by atoms with Crippen molar-refractivity contribution in [3.63, 3.8) is 0 Å². The quantitative estimate of drug-likeness (QED) is 0.628. The lowest BCUT2D eigenvalue weighted by atomic mass is 10.1. The summed E-state index contributed by atoms with van der Waals surface area (Å²) >= 11 is 0. The summed E-state index contributed by atoms with van der Waals surface area (Å²) < 4.78 is 27.6. The van der Waals surface area contributed by atoms with Crippen LogP contribution in [0.3, 0.4) is 0 Å². The third-order valence-corrected chi connectivity index (χ3v) is 7.60. The predicted octanol–water partition coefficient (Wildman–Crippen LogP) is 3.14. The molecule has 1 N–H and O–H groups in total. The minimum atomic E-state index is -3.60. The van der Waals surface area contributed by atoms with Crippen molar-refractivity contribution in [3.05, 3.63) is 65.2 Å². The fraction of sp³-hybridized carbons (Fsp3) is 0.480. The molecule has 3 rings (SSSR count). The van der Waals surface area contributed by atoms with Crippen molar-refractivity contribution in [1.82, 2.24) is 14.5 Å². The lowest BCUT2D eigenvalue weighted by Crippen LogP contribution is -2.37. The van der Waals surface area contributed by atoms with Crippen LogP contribution >= 0.6 is 0 Å². The molecule has 0 spiro atoms. The van der Waals surface area contributed by atoms with Gasteiger partial charge >= 0.3 is 0 Å². The highest BCUT2D eigenvalue weighted by Gasteiger charge is 2.20. The van der Waals surface area contributed by atoms with Crippen LogP contribution in [0.1, 0.15) is 36.0 Å². The molecule has 1 aliphatic heterocycles. The summed E-state index contributed by atoms with van der Waals surface area (Å²) in [6.07, 6.45) is 3.31. The zero-order chi connectivity index (χ0) is 23.0. The molecule has 1 saturated heterocycles. The Morgan fingerprint density at radius 3 is 2.50 bits per heavy atom. The van der Waals surface area contributed by atoms with Crippen molar-refractivity contribution in [2.75, 3.05) is 39.3 Å². The number of carbonyl (C=O) groups excluding carboxylic acids is 1. The number of nitrogens with one attached hydrogen (secondary N) is 1. The second-order valence-corrected chi connectivity index (χ2v) is 10.3. The third-order valence-electron chi connectivity index (χ3n) is 6.14. The van der Waals surface area contributed by atoms with Crippen LogP contribution in [-0.2, 0) is 21.2 Å². The van der Waals surface area contributed by atoms with Crippen LogP contribution in [0.15, 0.2) is 53.4 Å². The predicted molar refractivity (Wildman–Crippen MR) is 128 cm³/mol. The van der Waals surface area contributed by atoms with E-state index in [4.69, 9.17) is 0 Å². The summed E-state index contributed by atoms with van der Waals surface area (Å²) in [5.41, 5.74) is 3.35. The van der Waals surface area contributed by atoms with Gasteiger partial charge in [-0.25, -0.2) is 13.1 Å². The van der Waals surface area contributed by atoms with Gasteiger partial charge in [0.15, 0.2) is 0 Å². The summed E-state index contributed by atoms with van der Waals surface area (Å²) in [6.45, 7) is 8.29. The van der Waals surface area contributed by atoms with E-state index in [0.717, 1.165) is 56.6 Å². The Morgan fingerprint density at radius 1 is 0.969 bits per heavy atom. The first-order valence-corrected chi connectivity index (χ1v) is 12.9. The van der Waals surface area contributed by atoms with Gasteiger partial charge in [-0.05, 0) is 75.0 Å². The molecule has 0 bridgehead atoms. The smallest absolute Gasteiger partial charge is 0.240 e. The van der Waals surface area contributed by atoms with Gasteiger partial charge in [0, 0.05) is 32.6 Å². The maximum Gasteiger partial charge on any atom is 0.240 e. The highest BCUT2D eigenvalue weighted by Crippen LogP contribution is 2.15. The van der Waals surface area contributed by atoms with E-state index in [0.29, 0.717) is 6.54 Å². The Labute approximate surface area is 192 Å². The largest absolute Gasteiger partial charge is 0.341 e. The van der Waals surface area contributed by atoms with Crippen LogP contribution in [-0.4, -0.2) is 63.4 Å². The molecule has 7 heteroatoms. The van der Waals surface area contributed by atoms with Crippen LogP contribution in [0.2, 0.25) is 0 Å². The molecule has 174 valence electrons. The number of aryl methyl sites for hydroxylation is 3.